The Labute approximate surface area is 179 Å². The summed E-state index contributed by atoms with van der Waals surface area (Å²) in [5.74, 6) is 0.646. The van der Waals surface area contributed by atoms with Crippen LogP contribution in [0.15, 0.2) is 36.1 Å². The van der Waals surface area contributed by atoms with Crippen LogP contribution in [0.4, 0.5) is 10.9 Å². The first-order chi connectivity index (χ1) is 14.7. The van der Waals surface area contributed by atoms with Gasteiger partial charge in [0, 0.05) is 50.1 Å². The Morgan fingerprint density at radius 1 is 1.20 bits per heavy atom. The van der Waals surface area contributed by atoms with Crippen LogP contribution in [-0.4, -0.2) is 63.7 Å². The Bertz CT molecular complexity index is 1040. The van der Waals surface area contributed by atoms with E-state index < -0.39 is 5.54 Å². The van der Waals surface area contributed by atoms with Crippen LogP contribution in [0.5, 0.6) is 0 Å². The summed E-state index contributed by atoms with van der Waals surface area (Å²) in [7, 11) is 0. The number of rotatable bonds is 5. The fraction of sp³-hybridized carbons (Fsp3) is 0.476. The van der Waals surface area contributed by atoms with Gasteiger partial charge in [-0.1, -0.05) is 0 Å². The monoisotopic (exact) mass is 426 g/mol. The number of nitrogens with zero attached hydrogens (tertiary/aromatic N) is 5. The highest BCUT2D eigenvalue weighted by Crippen LogP contribution is 2.29. The lowest BCUT2D eigenvalue weighted by Crippen LogP contribution is -2.53. The Morgan fingerprint density at radius 3 is 2.90 bits per heavy atom. The van der Waals surface area contributed by atoms with E-state index in [4.69, 9.17) is 0 Å². The third-order valence-corrected chi connectivity index (χ3v) is 7.02. The van der Waals surface area contributed by atoms with Gasteiger partial charge in [0.2, 0.25) is 0 Å². The predicted molar refractivity (Wildman–Crippen MR) is 117 cm³/mol. The first-order valence-electron chi connectivity index (χ1n) is 10.5. The maximum Gasteiger partial charge on any atom is 0.271 e. The number of nitrogens with one attached hydrogen (secondary N) is 1. The van der Waals surface area contributed by atoms with Gasteiger partial charge in [-0.3, -0.25) is 4.79 Å². The number of carbonyl (C=O) groups is 1. The van der Waals surface area contributed by atoms with Crippen LogP contribution in [0.1, 0.15) is 36.2 Å². The van der Waals surface area contributed by atoms with Gasteiger partial charge in [0.1, 0.15) is 5.69 Å². The van der Waals surface area contributed by atoms with Crippen molar-refractivity contribution in [2.75, 3.05) is 42.6 Å². The summed E-state index contributed by atoms with van der Waals surface area (Å²) in [5, 5.41) is 16.0. The standard InChI is InChI=1S/C21H26N6O2S/c28-15-21(6-11-27(14-21)18-17-5-4-10-25(17)12-7-22-18)24-19(29)16-13-30-20(23-16)26-8-2-1-3-9-26/h4-5,7,10,12-13,28H,1-3,6,8-9,11,14-15H2,(H,24,29)/t21-/m0/s1. The molecule has 1 atom stereocenters. The van der Waals surface area contributed by atoms with Gasteiger partial charge in [-0.25, -0.2) is 9.97 Å². The Hall–Kier alpha value is -2.65. The minimum absolute atomic E-state index is 0.123. The largest absolute Gasteiger partial charge is 0.394 e. The summed E-state index contributed by atoms with van der Waals surface area (Å²) in [5.41, 5.74) is 0.745. The molecule has 0 aliphatic carbocycles. The number of fused-ring (bicyclic) bond motifs is 1. The topological polar surface area (TPSA) is 86.0 Å². The number of carbonyl (C=O) groups excluding carboxylic acids is 1. The second kappa shape index (κ2) is 7.88. The maximum atomic E-state index is 12.9. The van der Waals surface area contributed by atoms with Crippen LogP contribution in [0.25, 0.3) is 5.52 Å². The second-order valence-electron chi connectivity index (χ2n) is 8.18. The van der Waals surface area contributed by atoms with Crippen LogP contribution in [0, 0.1) is 0 Å². The van der Waals surface area contributed by atoms with Crippen molar-refractivity contribution in [3.8, 4) is 0 Å². The number of thiazole rings is 1. The normalized spacial score (nSPS) is 22.0. The van der Waals surface area contributed by atoms with E-state index in [0.717, 1.165) is 36.1 Å². The third kappa shape index (κ3) is 3.52. The van der Waals surface area contributed by atoms with Gasteiger partial charge < -0.3 is 24.6 Å². The van der Waals surface area contributed by atoms with Crippen molar-refractivity contribution in [2.24, 2.45) is 0 Å². The van der Waals surface area contributed by atoms with E-state index in [1.54, 1.807) is 6.20 Å². The van der Waals surface area contributed by atoms with Crippen LogP contribution in [0.3, 0.4) is 0 Å². The van der Waals surface area contributed by atoms with Gasteiger partial charge in [-0.05, 0) is 37.8 Å². The number of aromatic nitrogens is 3. The number of aliphatic hydroxyl groups excluding tert-OH is 1. The first-order valence-corrected chi connectivity index (χ1v) is 11.4. The zero-order chi connectivity index (χ0) is 20.6. The first kappa shape index (κ1) is 19.3. The molecule has 2 saturated heterocycles. The minimum Gasteiger partial charge on any atom is -0.394 e. The minimum atomic E-state index is -0.701. The lowest BCUT2D eigenvalue weighted by molar-refractivity contribution is 0.0850. The summed E-state index contributed by atoms with van der Waals surface area (Å²) in [6.45, 7) is 3.11. The molecule has 30 heavy (non-hydrogen) atoms. The Kier molecular flexibility index (Phi) is 5.08. The van der Waals surface area contributed by atoms with Crippen molar-refractivity contribution >= 4 is 33.7 Å². The van der Waals surface area contributed by atoms with Gasteiger partial charge >= 0.3 is 0 Å². The van der Waals surface area contributed by atoms with E-state index in [9.17, 15) is 9.90 Å². The summed E-state index contributed by atoms with van der Waals surface area (Å²) < 4.78 is 2.03. The van der Waals surface area contributed by atoms with Crippen LogP contribution < -0.4 is 15.1 Å². The molecule has 2 N–H and O–H groups in total. The number of piperidine rings is 1. The Morgan fingerprint density at radius 2 is 2.07 bits per heavy atom. The lowest BCUT2D eigenvalue weighted by Gasteiger charge is -2.28. The van der Waals surface area contributed by atoms with Crippen LogP contribution >= 0.6 is 11.3 Å². The van der Waals surface area contributed by atoms with E-state index in [2.05, 4.69) is 25.1 Å². The zero-order valence-corrected chi connectivity index (χ0v) is 17.6. The highest BCUT2D eigenvalue weighted by molar-refractivity contribution is 7.13. The quantitative estimate of drug-likeness (QED) is 0.650. The molecule has 158 valence electrons. The van der Waals surface area contributed by atoms with E-state index in [1.807, 2.05) is 34.3 Å². The molecule has 0 aromatic carbocycles. The number of aliphatic hydroxyl groups is 1. The third-order valence-electron chi connectivity index (χ3n) is 6.12. The molecule has 5 heterocycles. The van der Waals surface area contributed by atoms with E-state index in [1.165, 1.54) is 30.6 Å². The molecule has 2 aliphatic heterocycles. The highest BCUT2D eigenvalue weighted by Gasteiger charge is 2.40. The van der Waals surface area contributed by atoms with Gasteiger partial charge in [0.15, 0.2) is 10.9 Å². The molecule has 2 fully saturated rings. The molecule has 0 radical (unpaired) electrons. The second-order valence-corrected chi connectivity index (χ2v) is 9.02. The lowest BCUT2D eigenvalue weighted by atomic mass is 10.00. The number of anilines is 2. The smallest absolute Gasteiger partial charge is 0.271 e. The number of hydrogen-bond acceptors (Lipinski definition) is 7. The maximum absolute atomic E-state index is 12.9. The molecule has 2 aliphatic rings. The molecule has 0 unspecified atom stereocenters. The highest BCUT2D eigenvalue weighted by atomic mass is 32.1. The molecule has 1 amide bonds. The van der Waals surface area contributed by atoms with E-state index in [0.29, 0.717) is 18.7 Å². The van der Waals surface area contributed by atoms with E-state index >= 15 is 0 Å². The van der Waals surface area contributed by atoms with Crippen molar-refractivity contribution in [1.82, 2.24) is 19.7 Å². The molecule has 3 aromatic rings. The Balaban J connectivity index is 1.30. The molecule has 0 bridgehead atoms. The van der Waals surface area contributed by atoms with Gasteiger partial charge in [-0.2, -0.15) is 0 Å². The van der Waals surface area contributed by atoms with Gasteiger partial charge in [0.05, 0.1) is 17.7 Å². The SMILES string of the molecule is O=C(N[C@@]1(CO)CCN(c2nccn3cccc23)C1)c1csc(N2CCCCC2)n1. The van der Waals surface area contributed by atoms with Crippen LogP contribution in [-0.2, 0) is 0 Å². The summed E-state index contributed by atoms with van der Waals surface area (Å²) in [4.78, 5) is 26.5. The average Bonchev–Trinajstić information content (AvgIpc) is 3.53. The van der Waals surface area contributed by atoms with Gasteiger partial charge in [-0.15, -0.1) is 11.3 Å². The van der Waals surface area contributed by atoms with Crippen molar-refractivity contribution in [1.29, 1.82) is 0 Å². The number of hydrogen-bond donors (Lipinski definition) is 2. The fourth-order valence-corrected chi connectivity index (χ4v) is 5.29. The molecule has 9 heteroatoms. The van der Waals surface area contributed by atoms with Crippen molar-refractivity contribution in [2.45, 2.75) is 31.2 Å². The molecule has 5 rings (SSSR count). The van der Waals surface area contributed by atoms with Crippen molar-refractivity contribution in [3.05, 3.63) is 41.8 Å². The summed E-state index contributed by atoms with van der Waals surface area (Å²) in [6.07, 6.45) is 9.94. The molecule has 8 nitrogen and oxygen atoms in total. The van der Waals surface area contributed by atoms with Crippen molar-refractivity contribution < 1.29 is 9.90 Å². The molecule has 0 saturated carbocycles. The molecule has 3 aromatic heterocycles. The number of amides is 1. The van der Waals surface area contributed by atoms with Crippen LogP contribution in [0.2, 0.25) is 0 Å². The zero-order valence-electron chi connectivity index (χ0n) is 16.8. The predicted octanol–water partition coefficient (Wildman–Crippen LogP) is 2.15. The average molecular weight is 427 g/mol. The molecular weight excluding hydrogens is 400 g/mol. The summed E-state index contributed by atoms with van der Waals surface area (Å²) in [6, 6.07) is 4.01. The van der Waals surface area contributed by atoms with E-state index in [-0.39, 0.29) is 12.5 Å². The molecule has 0 spiro atoms. The van der Waals surface area contributed by atoms with Crippen molar-refractivity contribution in [3.63, 3.8) is 0 Å². The van der Waals surface area contributed by atoms with Gasteiger partial charge in [0.25, 0.3) is 5.91 Å². The molecular formula is C21H26N6O2S. The summed E-state index contributed by atoms with van der Waals surface area (Å²) >= 11 is 1.52. The fourth-order valence-electron chi connectivity index (χ4n) is 4.43.